The minimum absolute atomic E-state index is 0.130. The van der Waals surface area contributed by atoms with E-state index in [4.69, 9.17) is 10.8 Å². The quantitative estimate of drug-likeness (QED) is 0.543. The summed E-state index contributed by atoms with van der Waals surface area (Å²) < 4.78 is 0. The van der Waals surface area contributed by atoms with E-state index in [0.717, 1.165) is 0 Å². The zero-order valence-electron chi connectivity index (χ0n) is 7.36. The molecule has 5 N–H and O–H groups in total. The highest BCUT2D eigenvalue weighted by molar-refractivity contribution is 5.48. The molecular formula is C9H13NO3. The number of benzene rings is 1. The van der Waals surface area contributed by atoms with E-state index in [1.165, 1.54) is 12.1 Å². The molecule has 13 heavy (non-hydrogen) atoms. The van der Waals surface area contributed by atoms with E-state index in [9.17, 15) is 10.2 Å². The van der Waals surface area contributed by atoms with E-state index in [1.54, 1.807) is 6.92 Å². The minimum atomic E-state index is -0.163. The highest BCUT2D eigenvalue weighted by Gasteiger charge is 2.10. The topological polar surface area (TPSA) is 86.7 Å². The first-order chi connectivity index (χ1) is 6.00. The smallest absolute Gasteiger partial charge is 0.126 e. The van der Waals surface area contributed by atoms with E-state index in [1.807, 2.05) is 0 Å². The van der Waals surface area contributed by atoms with Crippen LogP contribution in [0.15, 0.2) is 12.1 Å². The summed E-state index contributed by atoms with van der Waals surface area (Å²) in [5, 5.41) is 27.7. The molecule has 1 atom stereocenters. The van der Waals surface area contributed by atoms with Gasteiger partial charge in [-0.3, -0.25) is 0 Å². The third kappa shape index (κ3) is 2.26. The van der Waals surface area contributed by atoms with Gasteiger partial charge in [0.1, 0.15) is 17.2 Å². The Kier molecular flexibility index (Phi) is 2.63. The molecule has 4 heteroatoms. The Hall–Kier alpha value is -1.42. The minimum Gasteiger partial charge on any atom is -0.508 e. The molecular weight excluding hydrogens is 170 g/mol. The van der Waals surface area contributed by atoms with E-state index in [0.29, 0.717) is 12.0 Å². The molecule has 0 amide bonds. The maximum Gasteiger partial charge on any atom is 0.126 e. The van der Waals surface area contributed by atoms with Crippen molar-refractivity contribution in [3.63, 3.8) is 0 Å². The fourth-order valence-electron chi connectivity index (χ4n) is 1.16. The van der Waals surface area contributed by atoms with Gasteiger partial charge in [0.25, 0.3) is 0 Å². The van der Waals surface area contributed by atoms with Gasteiger partial charge < -0.3 is 21.1 Å². The van der Waals surface area contributed by atoms with Crippen molar-refractivity contribution in [3.05, 3.63) is 17.7 Å². The molecule has 0 spiro atoms. The number of rotatable bonds is 2. The van der Waals surface area contributed by atoms with E-state index in [2.05, 4.69) is 0 Å². The lowest BCUT2D eigenvalue weighted by Gasteiger charge is -2.09. The normalized spacial score (nSPS) is 12.8. The van der Waals surface area contributed by atoms with Gasteiger partial charge in [-0.2, -0.15) is 0 Å². The lowest BCUT2D eigenvalue weighted by Crippen LogP contribution is -2.17. The van der Waals surface area contributed by atoms with Gasteiger partial charge in [0.05, 0.1) is 0 Å². The molecule has 0 unspecified atom stereocenters. The molecule has 1 aromatic carbocycles. The monoisotopic (exact) mass is 183 g/mol. The standard InChI is InChI=1S/C9H13NO3/c1-5(10)2-7-8(12)3-6(11)4-9(7)13/h3-5,11-13H,2,10H2,1H3/t5-/m0/s1. The maximum absolute atomic E-state index is 9.35. The third-order valence-electron chi connectivity index (χ3n) is 1.71. The van der Waals surface area contributed by atoms with Crippen molar-refractivity contribution < 1.29 is 15.3 Å². The molecule has 0 saturated carbocycles. The molecule has 1 aromatic rings. The van der Waals surface area contributed by atoms with Gasteiger partial charge in [0, 0.05) is 23.7 Å². The second-order valence-corrected chi connectivity index (χ2v) is 3.14. The van der Waals surface area contributed by atoms with Crippen molar-refractivity contribution >= 4 is 0 Å². The summed E-state index contributed by atoms with van der Waals surface area (Å²) in [5.74, 6) is -0.423. The Morgan fingerprint density at radius 1 is 1.23 bits per heavy atom. The van der Waals surface area contributed by atoms with Crippen molar-refractivity contribution in [1.29, 1.82) is 0 Å². The van der Waals surface area contributed by atoms with Crippen LogP contribution < -0.4 is 5.73 Å². The van der Waals surface area contributed by atoms with Gasteiger partial charge in [-0.05, 0) is 13.3 Å². The van der Waals surface area contributed by atoms with Gasteiger partial charge >= 0.3 is 0 Å². The fourth-order valence-corrected chi connectivity index (χ4v) is 1.16. The first-order valence-electron chi connectivity index (χ1n) is 4.00. The summed E-state index contributed by atoms with van der Waals surface area (Å²) in [6.45, 7) is 1.77. The van der Waals surface area contributed by atoms with Crippen LogP contribution in [0.1, 0.15) is 12.5 Å². The van der Waals surface area contributed by atoms with Crippen LogP contribution in [0.25, 0.3) is 0 Å². The number of aromatic hydroxyl groups is 3. The Morgan fingerprint density at radius 2 is 1.69 bits per heavy atom. The predicted molar refractivity (Wildman–Crippen MR) is 48.8 cm³/mol. The molecule has 1 rings (SSSR count). The predicted octanol–water partition coefficient (Wildman–Crippen LogP) is 0.693. The van der Waals surface area contributed by atoms with Gasteiger partial charge in [-0.1, -0.05) is 0 Å². The molecule has 0 bridgehead atoms. The molecule has 0 radical (unpaired) electrons. The van der Waals surface area contributed by atoms with Crippen molar-refractivity contribution in [3.8, 4) is 17.2 Å². The van der Waals surface area contributed by atoms with Crippen LogP contribution in [0.3, 0.4) is 0 Å². The van der Waals surface area contributed by atoms with E-state index < -0.39 is 0 Å². The summed E-state index contributed by atoms with van der Waals surface area (Å²) in [6.07, 6.45) is 0.373. The Bertz CT molecular complexity index is 287. The fraction of sp³-hybridized carbons (Fsp3) is 0.333. The molecule has 0 fully saturated rings. The average Bonchev–Trinajstić information content (AvgIpc) is 1.96. The van der Waals surface area contributed by atoms with Crippen LogP contribution in [-0.2, 0) is 6.42 Å². The van der Waals surface area contributed by atoms with Crippen LogP contribution in [0, 0.1) is 0 Å². The van der Waals surface area contributed by atoms with Crippen molar-refractivity contribution in [2.24, 2.45) is 5.73 Å². The Labute approximate surface area is 76.2 Å². The van der Waals surface area contributed by atoms with E-state index in [-0.39, 0.29) is 23.3 Å². The number of phenolic OH excluding ortho intramolecular Hbond substituents is 3. The highest BCUT2D eigenvalue weighted by atomic mass is 16.3. The molecule has 0 heterocycles. The molecule has 0 aliphatic rings. The number of hydrogen-bond donors (Lipinski definition) is 4. The van der Waals surface area contributed by atoms with Gasteiger partial charge in [0.15, 0.2) is 0 Å². The van der Waals surface area contributed by atoms with Gasteiger partial charge in [0.2, 0.25) is 0 Å². The summed E-state index contributed by atoms with van der Waals surface area (Å²) in [7, 11) is 0. The van der Waals surface area contributed by atoms with Gasteiger partial charge in [-0.25, -0.2) is 0 Å². The second kappa shape index (κ2) is 3.53. The lowest BCUT2D eigenvalue weighted by molar-refractivity contribution is 0.416. The maximum atomic E-state index is 9.35. The molecule has 0 aromatic heterocycles. The van der Waals surface area contributed by atoms with Crippen LogP contribution in [0.2, 0.25) is 0 Å². The largest absolute Gasteiger partial charge is 0.508 e. The van der Waals surface area contributed by atoms with Crippen LogP contribution in [0.5, 0.6) is 17.2 Å². The Balaban J connectivity index is 3.06. The van der Waals surface area contributed by atoms with Gasteiger partial charge in [-0.15, -0.1) is 0 Å². The molecule has 4 nitrogen and oxygen atoms in total. The van der Waals surface area contributed by atoms with Crippen molar-refractivity contribution in [2.75, 3.05) is 0 Å². The summed E-state index contributed by atoms with van der Waals surface area (Å²) in [6, 6.07) is 2.20. The van der Waals surface area contributed by atoms with Crippen molar-refractivity contribution in [2.45, 2.75) is 19.4 Å². The number of phenols is 3. The third-order valence-corrected chi connectivity index (χ3v) is 1.71. The van der Waals surface area contributed by atoms with E-state index >= 15 is 0 Å². The molecule has 0 aliphatic heterocycles. The molecule has 0 aliphatic carbocycles. The first-order valence-corrected chi connectivity index (χ1v) is 4.00. The molecule has 72 valence electrons. The summed E-state index contributed by atoms with van der Waals surface area (Å²) in [4.78, 5) is 0. The lowest BCUT2D eigenvalue weighted by atomic mass is 10.1. The van der Waals surface area contributed by atoms with Crippen molar-refractivity contribution in [1.82, 2.24) is 0 Å². The zero-order valence-corrected chi connectivity index (χ0v) is 7.36. The number of hydrogen-bond acceptors (Lipinski definition) is 4. The SMILES string of the molecule is C[C@H](N)Cc1c(O)cc(O)cc1O. The van der Waals surface area contributed by atoms with Crippen LogP contribution >= 0.6 is 0 Å². The summed E-state index contributed by atoms with van der Waals surface area (Å²) >= 11 is 0. The summed E-state index contributed by atoms with van der Waals surface area (Å²) in [5.41, 5.74) is 5.88. The first kappa shape index (κ1) is 9.67. The second-order valence-electron chi connectivity index (χ2n) is 3.14. The molecule has 0 saturated heterocycles. The number of nitrogens with two attached hydrogens (primary N) is 1. The highest BCUT2D eigenvalue weighted by Crippen LogP contribution is 2.32. The van der Waals surface area contributed by atoms with Crippen LogP contribution in [0.4, 0.5) is 0 Å². The average molecular weight is 183 g/mol. The van der Waals surface area contributed by atoms with Crippen LogP contribution in [-0.4, -0.2) is 21.4 Å². The Morgan fingerprint density at radius 3 is 2.08 bits per heavy atom. The zero-order chi connectivity index (χ0) is 10.0.